The van der Waals surface area contributed by atoms with E-state index in [2.05, 4.69) is 15.0 Å². The van der Waals surface area contributed by atoms with Gasteiger partial charge in [-0.25, -0.2) is 13.4 Å². The highest BCUT2D eigenvalue weighted by molar-refractivity contribution is 7.92. The largest absolute Gasteiger partial charge is 0.380 e. The lowest BCUT2D eigenvalue weighted by Crippen LogP contribution is -2.12. The Bertz CT molecular complexity index is 910. The molecular weight excluding hydrogens is 366 g/mol. The summed E-state index contributed by atoms with van der Waals surface area (Å²) in [6.45, 7) is 0.582. The highest BCUT2D eigenvalue weighted by atomic mass is 35.5. The number of nitrogens with zero attached hydrogens (tertiary/aromatic N) is 1. The fourth-order valence-electron chi connectivity index (χ4n) is 2.03. The minimum Gasteiger partial charge on any atom is -0.380 e. The molecule has 0 atom stereocenters. The molecule has 24 heavy (non-hydrogen) atoms. The second-order valence-corrected chi connectivity index (χ2v) is 8.31. The lowest BCUT2D eigenvalue weighted by atomic mass is 10.3. The molecule has 0 amide bonds. The molecule has 2 aromatic carbocycles. The van der Waals surface area contributed by atoms with Crippen molar-refractivity contribution in [3.8, 4) is 0 Å². The summed E-state index contributed by atoms with van der Waals surface area (Å²) in [5.41, 5.74) is 1.35. The molecule has 0 aliphatic carbocycles. The minimum atomic E-state index is -3.60. The summed E-state index contributed by atoms with van der Waals surface area (Å²) in [5, 5.41) is 3.20. The predicted molar refractivity (Wildman–Crippen MR) is 98.1 cm³/mol. The predicted octanol–water partition coefficient (Wildman–Crippen LogP) is 4.21. The van der Waals surface area contributed by atoms with E-state index in [1.54, 1.807) is 54.7 Å². The zero-order valence-corrected chi connectivity index (χ0v) is 14.8. The number of aromatic nitrogens is 1. The number of hydrogen-bond donors (Lipinski definition) is 2. The Balaban J connectivity index is 1.67. The number of nitrogens with one attached hydrogen (secondary N) is 2. The molecule has 1 heterocycles. The van der Waals surface area contributed by atoms with Gasteiger partial charge in [0.1, 0.15) is 0 Å². The summed E-state index contributed by atoms with van der Waals surface area (Å²) in [7, 11) is -3.60. The van der Waals surface area contributed by atoms with Gasteiger partial charge in [0.15, 0.2) is 4.47 Å². The van der Waals surface area contributed by atoms with Crippen molar-refractivity contribution in [2.75, 3.05) is 10.0 Å². The molecule has 0 fully saturated rings. The zero-order chi connectivity index (χ0) is 17.0. The first-order chi connectivity index (χ1) is 11.5. The van der Waals surface area contributed by atoms with Gasteiger partial charge in [-0.2, -0.15) is 0 Å². The average Bonchev–Trinajstić information content (AvgIpc) is 2.99. The fraction of sp³-hybridized carbons (Fsp3) is 0.0625. The van der Waals surface area contributed by atoms with E-state index in [1.165, 1.54) is 11.3 Å². The Labute approximate surface area is 149 Å². The van der Waals surface area contributed by atoms with E-state index in [0.717, 1.165) is 10.6 Å². The molecule has 0 saturated carbocycles. The highest BCUT2D eigenvalue weighted by Crippen LogP contribution is 2.21. The van der Waals surface area contributed by atoms with Crippen LogP contribution in [0.4, 0.5) is 11.4 Å². The van der Waals surface area contributed by atoms with Gasteiger partial charge in [0.05, 0.1) is 11.4 Å². The van der Waals surface area contributed by atoms with Crippen molar-refractivity contribution in [2.45, 2.75) is 11.4 Å². The van der Waals surface area contributed by atoms with E-state index in [4.69, 9.17) is 11.6 Å². The van der Waals surface area contributed by atoms with E-state index in [0.29, 0.717) is 16.7 Å². The van der Waals surface area contributed by atoms with Gasteiger partial charge in [-0.3, -0.25) is 4.72 Å². The van der Waals surface area contributed by atoms with Crippen molar-refractivity contribution in [2.24, 2.45) is 0 Å². The number of para-hydroxylation sites is 1. The molecule has 3 rings (SSSR count). The van der Waals surface area contributed by atoms with Gasteiger partial charge in [0, 0.05) is 22.4 Å². The van der Waals surface area contributed by atoms with Crippen LogP contribution in [0.2, 0.25) is 4.47 Å². The summed E-state index contributed by atoms with van der Waals surface area (Å²) < 4.78 is 27.7. The van der Waals surface area contributed by atoms with Gasteiger partial charge in [0.25, 0.3) is 10.0 Å². The van der Waals surface area contributed by atoms with Crippen LogP contribution in [-0.4, -0.2) is 13.4 Å². The van der Waals surface area contributed by atoms with E-state index in [9.17, 15) is 8.42 Å². The Morgan fingerprint density at radius 2 is 1.71 bits per heavy atom. The third kappa shape index (κ3) is 4.25. The van der Waals surface area contributed by atoms with Crippen LogP contribution < -0.4 is 10.0 Å². The second-order valence-electron chi connectivity index (χ2n) is 4.93. The summed E-state index contributed by atoms with van der Waals surface area (Å²) in [5.74, 6) is 0. The molecule has 2 N–H and O–H groups in total. The first-order valence-corrected chi connectivity index (χ1v) is 9.73. The van der Waals surface area contributed by atoms with Gasteiger partial charge in [0.2, 0.25) is 0 Å². The number of thiazole rings is 1. The van der Waals surface area contributed by atoms with Crippen LogP contribution in [0.5, 0.6) is 0 Å². The third-order valence-electron chi connectivity index (χ3n) is 3.18. The first kappa shape index (κ1) is 16.8. The van der Waals surface area contributed by atoms with Gasteiger partial charge >= 0.3 is 0 Å². The Kier molecular flexibility index (Phi) is 5.03. The Morgan fingerprint density at radius 3 is 2.33 bits per heavy atom. The van der Waals surface area contributed by atoms with Crippen LogP contribution in [0, 0.1) is 0 Å². The molecule has 0 spiro atoms. The van der Waals surface area contributed by atoms with Gasteiger partial charge in [-0.1, -0.05) is 29.8 Å². The SMILES string of the molecule is O=S(=O)(Nc1ccccc1)c1ccc(NCc2cnc(Cl)s2)cc1. The molecule has 0 bridgehead atoms. The third-order valence-corrected chi connectivity index (χ3v) is 5.69. The molecule has 8 heteroatoms. The maximum absolute atomic E-state index is 12.3. The number of hydrogen-bond acceptors (Lipinski definition) is 5. The van der Waals surface area contributed by atoms with E-state index >= 15 is 0 Å². The van der Waals surface area contributed by atoms with Crippen molar-refractivity contribution in [3.63, 3.8) is 0 Å². The van der Waals surface area contributed by atoms with Crippen LogP contribution in [0.3, 0.4) is 0 Å². The second kappa shape index (κ2) is 7.21. The standard InChI is InChI=1S/C16H14ClN3O2S2/c17-16-19-11-14(23-16)10-18-12-6-8-15(9-7-12)24(21,22)20-13-4-2-1-3-5-13/h1-9,11,18,20H,10H2. The van der Waals surface area contributed by atoms with Crippen molar-refractivity contribution in [1.82, 2.24) is 4.98 Å². The lowest BCUT2D eigenvalue weighted by molar-refractivity contribution is 0.601. The Morgan fingerprint density at radius 1 is 1.00 bits per heavy atom. The quantitative estimate of drug-likeness (QED) is 0.673. The maximum atomic E-state index is 12.3. The monoisotopic (exact) mass is 379 g/mol. The molecule has 0 unspecified atom stereocenters. The lowest BCUT2D eigenvalue weighted by Gasteiger charge is -2.09. The summed E-state index contributed by atoms with van der Waals surface area (Å²) >= 11 is 7.19. The molecular formula is C16H14ClN3O2S2. The average molecular weight is 380 g/mol. The smallest absolute Gasteiger partial charge is 0.261 e. The summed E-state index contributed by atoms with van der Waals surface area (Å²) in [4.78, 5) is 5.18. The molecule has 0 saturated heterocycles. The van der Waals surface area contributed by atoms with E-state index < -0.39 is 10.0 Å². The highest BCUT2D eigenvalue weighted by Gasteiger charge is 2.13. The van der Waals surface area contributed by atoms with Gasteiger partial charge in [-0.05, 0) is 36.4 Å². The van der Waals surface area contributed by atoms with Gasteiger partial charge < -0.3 is 5.32 Å². The zero-order valence-electron chi connectivity index (χ0n) is 12.4. The normalized spacial score (nSPS) is 11.2. The maximum Gasteiger partial charge on any atom is 0.261 e. The number of sulfonamides is 1. The van der Waals surface area contributed by atoms with Crippen molar-refractivity contribution >= 4 is 44.3 Å². The molecule has 5 nitrogen and oxygen atoms in total. The molecule has 0 aliphatic rings. The van der Waals surface area contributed by atoms with Crippen LogP contribution >= 0.6 is 22.9 Å². The topological polar surface area (TPSA) is 71.1 Å². The molecule has 0 aliphatic heterocycles. The number of halogens is 1. The van der Waals surface area contributed by atoms with E-state index in [1.807, 2.05) is 6.07 Å². The van der Waals surface area contributed by atoms with Crippen LogP contribution in [0.15, 0.2) is 65.7 Å². The molecule has 0 radical (unpaired) electrons. The fourth-order valence-corrected chi connectivity index (χ4v) is 4.00. The summed E-state index contributed by atoms with van der Waals surface area (Å²) in [6, 6.07) is 15.4. The van der Waals surface area contributed by atoms with Crippen LogP contribution in [-0.2, 0) is 16.6 Å². The van der Waals surface area contributed by atoms with Crippen molar-refractivity contribution in [3.05, 3.63) is 70.1 Å². The molecule has 1 aromatic heterocycles. The first-order valence-electron chi connectivity index (χ1n) is 7.05. The van der Waals surface area contributed by atoms with Crippen LogP contribution in [0.1, 0.15) is 4.88 Å². The van der Waals surface area contributed by atoms with Crippen LogP contribution in [0.25, 0.3) is 0 Å². The number of anilines is 2. The minimum absolute atomic E-state index is 0.206. The molecule has 3 aromatic rings. The summed E-state index contributed by atoms with van der Waals surface area (Å²) in [6.07, 6.45) is 1.71. The van der Waals surface area contributed by atoms with Crippen molar-refractivity contribution < 1.29 is 8.42 Å². The van der Waals surface area contributed by atoms with E-state index in [-0.39, 0.29) is 4.90 Å². The van der Waals surface area contributed by atoms with Gasteiger partial charge in [-0.15, -0.1) is 11.3 Å². The molecule has 124 valence electrons. The number of benzene rings is 2. The number of rotatable bonds is 6. The van der Waals surface area contributed by atoms with Crippen molar-refractivity contribution in [1.29, 1.82) is 0 Å². The Hall–Kier alpha value is -2.09.